The molecule has 5 nitrogen and oxygen atoms in total. The van der Waals surface area contributed by atoms with Crippen molar-refractivity contribution in [2.24, 2.45) is 0 Å². The number of aryl methyl sites for hydroxylation is 1. The second kappa shape index (κ2) is 15.3. The minimum atomic E-state index is -0.435. The molecule has 2 amide bonds. The van der Waals surface area contributed by atoms with E-state index in [-0.39, 0.29) is 11.3 Å². The van der Waals surface area contributed by atoms with Crippen molar-refractivity contribution < 1.29 is 19.1 Å². The number of Topliss-reactive ketones (excluding diaryl/α,β-unsaturated/α-hetero) is 1. The van der Waals surface area contributed by atoms with Gasteiger partial charge in [0.2, 0.25) is 0 Å². The zero-order chi connectivity index (χ0) is 27.3. The van der Waals surface area contributed by atoms with Crippen molar-refractivity contribution in [3.05, 3.63) is 89.0 Å². The van der Waals surface area contributed by atoms with Crippen LogP contribution < -0.4 is 9.64 Å². The molecule has 1 heterocycles. The van der Waals surface area contributed by atoms with Crippen molar-refractivity contribution in [3.63, 3.8) is 0 Å². The van der Waals surface area contributed by atoms with Crippen LogP contribution >= 0.6 is 0 Å². The Kier molecular flexibility index (Phi) is 12.9. The van der Waals surface area contributed by atoms with E-state index in [1.807, 2.05) is 58.9 Å². The van der Waals surface area contributed by atoms with Crippen LogP contribution in [0.4, 0.5) is 5.69 Å². The molecule has 0 saturated carbocycles. The maximum atomic E-state index is 12.8. The Bertz CT molecular complexity index is 1130. The fourth-order valence-corrected chi connectivity index (χ4v) is 3.10. The fraction of sp³-hybridized carbons (Fsp3) is 0.323. The molecule has 4 rings (SSSR count). The summed E-state index contributed by atoms with van der Waals surface area (Å²) in [4.78, 5) is 38.1. The van der Waals surface area contributed by atoms with E-state index in [4.69, 9.17) is 4.74 Å². The number of hydrogen-bond donors (Lipinski definition) is 0. The highest BCUT2D eigenvalue weighted by Gasteiger charge is 2.37. The van der Waals surface area contributed by atoms with Crippen molar-refractivity contribution in [3.8, 4) is 11.5 Å². The smallest absolute Gasteiger partial charge is 0.266 e. The zero-order valence-corrected chi connectivity index (χ0v) is 22.8. The molecule has 0 bridgehead atoms. The lowest BCUT2D eigenvalue weighted by Gasteiger charge is -2.14. The van der Waals surface area contributed by atoms with Crippen molar-refractivity contribution in [2.75, 3.05) is 4.90 Å². The predicted molar refractivity (Wildman–Crippen MR) is 149 cm³/mol. The van der Waals surface area contributed by atoms with Crippen LogP contribution in [-0.2, 0) is 0 Å². The minimum Gasteiger partial charge on any atom is -0.457 e. The molecule has 0 atom stereocenters. The van der Waals surface area contributed by atoms with E-state index in [0.717, 1.165) is 10.5 Å². The summed E-state index contributed by atoms with van der Waals surface area (Å²) in [5.74, 6) is 0.315. The zero-order valence-electron chi connectivity index (χ0n) is 22.8. The van der Waals surface area contributed by atoms with Crippen LogP contribution in [0.15, 0.2) is 66.7 Å². The molecule has 192 valence electrons. The molecule has 36 heavy (non-hydrogen) atoms. The van der Waals surface area contributed by atoms with E-state index in [0.29, 0.717) is 28.3 Å². The van der Waals surface area contributed by atoms with Crippen LogP contribution in [0.25, 0.3) is 0 Å². The Hall–Kier alpha value is -3.73. The van der Waals surface area contributed by atoms with Gasteiger partial charge >= 0.3 is 0 Å². The molecule has 3 aromatic carbocycles. The Morgan fingerprint density at radius 2 is 1.19 bits per heavy atom. The van der Waals surface area contributed by atoms with Crippen LogP contribution in [0.1, 0.15) is 97.9 Å². The number of nitrogens with zero attached hydrogens (tertiary/aromatic N) is 1. The van der Waals surface area contributed by atoms with Gasteiger partial charge in [-0.15, -0.1) is 0 Å². The Morgan fingerprint density at radius 3 is 1.67 bits per heavy atom. The van der Waals surface area contributed by atoms with Gasteiger partial charge in [0.25, 0.3) is 11.8 Å². The van der Waals surface area contributed by atoms with Gasteiger partial charge in [0.15, 0.2) is 5.78 Å². The highest BCUT2D eigenvalue weighted by molar-refractivity contribution is 6.34. The molecule has 3 aromatic rings. The van der Waals surface area contributed by atoms with E-state index < -0.39 is 11.8 Å². The van der Waals surface area contributed by atoms with E-state index in [1.54, 1.807) is 30.3 Å². The lowest BCUT2D eigenvalue weighted by molar-refractivity contribution is 0.0925. The number of hydrogen-bond acceptors (Lipinski definition) is 4. The highest BCUT2D eigenvalue weighted by atomic mass is 16.5. The summed E-state index contributed by atoms with van der Waals surface area (Å²) in [6.07, 6.45) is 2.64. The molecule has 1 aliphatic heterocycles. The lowest BCUT2D eigenvalue weighted by Crippen LogP contribution is -2.29. The van der Waals surface area contributed by atoms with Crippen LogP contribution in [0.5, 0.6) is 11.5 Å². The van der Waals surface area contributed by atoms with Gasteiger partial charge in [-0.25, -0.2) is 4.90 Å². The molecule has 0 radical (unpaired) electrons. The van der Waals surface area contributed by atoms with Gasteiger partial charge < -0.3 is 4.74 Å². The molecule has 0 aromatic heterocycles. The number of imide groups is 1. The highest BCUT2D eigenvalue weighted by Crippen LogP contribution is 2.31. The maximum Gasteiger partial charge on any atom is 0.266 e. The molecule has 1 aliphatic rings. The lowest BCUT2D eigenvalue weighted by atomic mass is 10.0. The first-order valence-electron chi connectivity index (χ1n) is 12.7. The molecular formula is C31H39NO4. The standard InChI is InChI=1S/C23H17NO4.C4H10.2C2H6/c1-14-3-8-18(9-4-14)28-19-10-6-17(7-11-19)24-22(26)20-12-5-16(15(2)25)13-21(20)23(24)27;1-3-4-2;2*1-2/h3-13H,1-2H3;3-4H2,1-2H3;2*1-2H3. The molecule has 0 aliphatic carbocycles. The maximum absolute atomic E-state index is 12.8. The fourth-order valence-electron chi connectivity index (χ4n) is 3.10. The average Bonchev–Trinajstić information content (AvgIpc) is 3.17. The summed E-state index contributed by atoms with van der Waals surface area (Å²) in [6, 6.07) is 19.0. The van der Waals surface area contributed by atoms with E-state index in [9.17, 15) is 14.4 Å². The number of unbranched alkanes of at least 4 members (excludes halogenated alkanes) is 1. The third-order valence-electron chi connectivity index (χ3n) is 5.14. The number of benzene rings is 3. The summed E-state index contributed by atoms with van der Waals surface area (Å²) in [5.41, 5.74) is 2.55. The van der Waals surface area contributed by atoms with Crippen molar-refractivity contribution in [1.82, 2.24) is 0 Å². The van der Waals surface area contributed by atoms with Gasteiger partial charge in [-0.3, -0.25) is 14.4 Å². The number of rotatable bonds is 5. The summed E-state index contributed by atoms with van der Waals surface area (Å²) in [5, 5.41) is 0. The van der Waals surface area contributed by atoms with Gasteiger partial charge in [-0.1, -0.05) is 78.1 Å². The first-order chi connectivity index (χ1) is 17.3. The van der Waals surface area contributed by atoms with Crippen LogP contribution in [0.2, 0.25) is 0 Å². The third kappa shape index (κ3) is 7.64. The van der Waals surface area contributed by atoms with Crippen LogP contribution in [-0.4, -0.2) is 17.6 Å². The SMILES string of the molecule is CC.CC.CC(=O)c1ccc2c(c1)C(=O)N(c1ccc(Oc3ccc(C)cc3)cc1)C2=O.CCCC. The Morgan fingerprint density at radius 1 is 0.722 bits per heavy atom. The number of ketones is 1. The molecule has 0 spiro atoms. The number of anilines is 1. The monoisotopic (exact) mass is 489 g/mol. The Labute approximate surface area is 216 Å². The first kappa shape index (κ1) is 30.3. The number of carbonyl (C=O) groups excluding carboxylic acids is 3. The molecule has 0 fully saturated rings. The molecule has 0 N–H and O–H groups in total. The average molecular weight is 490 g/mol. The first-order valence-corrected chi connectivity index (χ1v) is 12.7. The van der Waals surface area contributed by atoms with E-state index in [2.05, 4.69) is 13.8 Å². The van der Waals surface area contributed by atoms with E-state index >= 15 is 0 Å². The molecular weight excluding hydrogens is 450 g/mol. The Balaban J connectivity index is 0.000000725. The third-order valence-corrected chi connectivity index (χ3v) is 5.14. The molecule has 0 unspecified atom stereocenters. The number of carbonyl (C=O) groups is 3. The van der Waals surface area contributed by atoms with Crippen LogP contribution in [0.3, 0.4) is 0 Å². The quantitative estimate of drug-likeness (QED) is 0.266. The normalized spacial score (nSPS) is 11.2. The van der Waals surface area contributed by atoms with Gasteiger partial charge in [-0.2, -0.15) is 0 Å². The second-order valence-electron chi connectivity index (χ2n) is 7.67. The second-order valence-corrected chi connectivity index (χ2v) is 7.67. The van der Waals surface area contributed by atoms with Gasteiger partial charge in [0.05, 0.1) is 16.8 Å². The largest absolute Gasteiger partial charge is 0.457 e. The molecule has 5 heteroatoms. The predicted octanol–water partition coefficient (Wildman–Crippen LogP) is 8.65. The molecule has 0 saturated heterocycles. The van der Waals surface area contributed by atoms with Gasteiger partial charge in [0, 0.05) is 5.56 Å². The van der Waals surface area contributed by atoms with Crippen molar-refractivity contribution >= 4 is 23.3 Å². The number of ether oxygens (including phenoxy) is 1. The number of amides is 2. The number of fused-ring (bicyclic) bond motifs is 1. The summed E-state index contributed by atoms with van der Waals surface area (Å²) >= 11 is 0. The van der Waals surface area contributed by atoms with Gasteiger partial charge in [0.1, 0.15) is 11.5 Å². The van der Waals surface area contributed by atoms with Crippen LogP contribution in [0, 0.1) is 6.92 Å². The van der Waals surface area contributed by atoms with Crippen molar-refractivity contribution in [2.45, 2.75) is 68.2 Å². The van der Waals surface area contributed by atoms with E-state index in [1.165, 1.54) is 31.9 Å². The minimum absolute atomic E-state index is 0.154. The van der Waals surface area contributed by atoms with Gasteiger partial charge in [-0.05, 0) is 62.4 Å². The summed E-state index contributed by atoms with van der Waals surface area (Å²) < 4.78 is 5.78. The topological polar surface area (TPSA) is 63.7 Å². The summed E-state index contributed by atoms with van der Waals surface area (Å²) in [6.45, 7) is 15.8. The van der Waals surface area contributed by atoms with Crippen molar-refractivity contribution in [1.29, 1.82) is 0 Å². The summed E-state index contributed by atoms with van der Waals surface area (Å²) in [7, 11) is 0.